The molecule has 8 heteroatoms. The number of aliphatic hydroxyl groups is 2. The van der Waals surface area contributed by atoms with Crippen molar-refractivity contribution in [1.82, 2.24) is 0 Å². The minimum atomic E-state index is -1.40. The summed E-state index contributed by atoms with van der Waals surface area (Å²) in [6, 6.07) is 0. The molecule has 4 fully saturated rings. The first-order valence-corrected chi connectivity index (χ1v) is 10.9. The van der Waals surface area contributed by atoms with Gasteiger partial charge in [0.25, 0.3) is 0 Å². The van der Waals surface area contributed by atoms with Crippen molar-refractivity contribution in [3.63, 3.8) is 0 Å². The molecule has 3 aliphatic carbocycles. The fourth-order valence-electron chi connectivity index (χ4n) is 7.66. The summed E-state index contributed by atoms with van der Waals surface area (Å²) in [5.74, 6) is -3.21. The maximum absolute atomic E-state index is 13.3. The molecule has 8 unspecified atom stereocenters. The van der Waals surface area contributed by atoms with Crippen LogP contribution in [0.4, 0.5) is 0 Å². The lowest BCUT2D eigenvalue weighted by atomic mass is 9.50. The molecule has 2 N–H and O–H groups in total. The fourth-order valence-corrected chi connectivity index (χ4v) is 7.66. The second-order valence-corrected chi connectivity index (χ2v) is 10.5. The standard InChI is InChI=1S/C23H32O8/c1-11(19(27)29-5)13-8-14(25)16-22(9-13)18(26)17-21(3,4)7-6-15(31-12(2)24)23(16,17)10-30-20(22)28/h13-18,25-26H,1,6-10H2,2-5H3. The van der Waals surface area contributed by atoms with Gasteiger partial charge in [-0.25, -0.2) is 4.79 Å². The molecule has 31 heavy (non-hydrogen) atoms. The first-order valence-electron chi connectivity index (χ1n) is 10.9. The Balaban J connectivity index is 1.87. The third kappa shape index (κ3) is 2.76. The van der Waals surface area contributed by atoms with Crippen LogP contribution in [0.5, 0.6) is 0 Å². The van der Waals surface area contributed by atoms with Crippen molar-refractivity contribution in [1.29, 1.82) is 0 Å². The van der Waals surface area contributed by atoms with E-state index in [1.54, 1.807) is 0 Å². The van der Waals surface area contributed by atoms with Gasteiger partial charge in [-0.05, 0) is 37.0 Å². The summed E-state index contributed by atoms with van der Waals surface area (Å²) in [7, 11) is 1.25. The number of esters is 3. The predicted molar refractivity (Wildman–Crippen MR) is 107 cm³/mol. The summed E-state index contributed by atoms with van der Waals surface area (Å²) in [5.41, 5.74) is -2.50. The third-order valence-electron chi connectivity index (χ3n) is 8.63. The monoisotopic (exact) mass is 436 g/mol. The molecular formula is C23H32O8. The highest BCUT2D eigenvalue weighted by Crippen LogP contribution is 2.74. The van der Waals surface area contributed by atoms with Gasteiger partial charge in [-0.15, -0.1) is 0 Å². The van der Waals surface area contributed by atoms with E-state index in [0.717, 1.165) is 0 Å². The number of carbonyl (C=O) groups excluding carboxylic acids is 3. The first kappa shape index (κ1) is 22.3. The molecule has 0 radical (unpaired) electrons. The smallest absolute Gasteiger partial charge is 0.333 e. The van der Waals surface area contributed by atoms with Crippen LogP contribution in [0.1, 0.15) is 46.5 Å². The van der Waals surface area contributed by atoms with Crippen molar-refractivity contribution < 1.29 is 38.8 Å². The molecule has 172 valence electrons. The number of cyclic esters (lactones) is 1. The van der Waals surface area contributed by atoms with E-state index < -0.39 is 64.8 Å². The average molecular weight is 437 g/mol. The van der Waals surface area contributed by atoms with Crippen LogP contribution in [0.2, 0.25) is 0 Å². The van der Waals surface area contributed by atoms with Gasteiger partial charge in [0.05, 0.1) is 24.7 Å². The number of hydrogen-bond donors (Lipinski definition) is 2. The second kappa shape index (κ2) is 7.04. The molecule has 3 saturated carbocycles. The van der Waals surface area contributed by atoms with Crippen LogP contribution in [0.3, 0.4) is 0 Å². The molecule has 8 atom stereocenters. The van der Waals surface area contributed by atoms with E-state index in [1.807, 2.05) is 13.8 Å². The van der Waals surface area contributed by atoms with E-state index in [2.05, 4.69) is 6.58 Å². The summed E-state index contributed by atoms with van der Waals surface area (Å²) in [4.78, 5) is 37.4. The van der Waals surface area contributed by atoms with Gasteiger partial charge in [-0.1, -0.05) is 20.4 Å². The van der Waals surface area contributed by atoms with E-state index in [-0.39, 0.29) is 30.4 Å². The summed E-state index contributed by atoms with van der Waals surface area (Å²) >= 11 is 0. The first-order chi connectivity index (χ1) is 14.4. The summed E-state index contributed by atoms with van der Waals surface area (Å²) < 4.78 is 16.2. The van der Waals surface area contributed by atoms with Crippen molar-refractivity contribution in [3.8, 4) is 0 Å². The topological polar surface area (TPSA) is 119 Å². The zero-order valence-corrected chi connectivity index (χ0v) is 18.6. The highest BCUT2D eigenvalue weighted by atomic mass is 16.6. The van der Waals surface area contributed by atoms with Gasteiger partial charge in [0.1, 0.15) is 18.1 Å². The normalized spacial score (nSPS) is 45.0. The summed E-state index contributed by atoms with van der Waals surface area (Å²) in [6.45, 7) is 9.24. The van der Waals surface area contributed by atoms with Gasteiger partial charge in [0, 0.05) is 24.3 Å². The number of methoxy groups -OCH3 is 1. The Kier molecular flexibility index (Phi) is 5.05. The highest BCUT2D eigenvalue weighted by molar-refractivity contribution is 5.89. The molecule has 1 heterocycles. The largest absolute Gasteiger partial charge is 0.466 e. The molecule has 4 rings (SSSR count). The van der Waals surface area contributed by atoms with Gasteiger partial charge in [0.15, 0.2) is 0 Å². The van der Waals surface area contributed by atoms with Crippen LogP contribution in [0, 0.1) is 34.0 Å². The molecule has 1 spiro atoms. The molecular weight excluding hydrogens is 404 g/mol. The molecule has 0 aromatic heterocycles. The quantitative estimate of drug-likeness (QED) is 0.387. The van der Waals surface area contributed by atoms with Crippen LogP contribution in [-0.2, 0) is 28.6 Å². The summed E-state index contributed by atoms with van der Waals surface area (Å²) in [6.07, 6.45) is -1.09. The lowest BCUT2D eigenvalue weighted by Gasteiger charge is -2.58. The Morgan fingerprint density at radius 2 is 1.90 bits per heavy atom. The molecule has 0 aromatic rings. The second-order valence-electron chi connectivity index (χ2n) is 10.5. The lowest BCUT2D eigenvalue weighted by Crippen LogP contribution is -2.64. The lowest BCUT2D eigenvalue weighted by molar-refractivity contribution is -0.229. The zero-order valence-electron chi connectivity index (χ0n) is 18.6. The van der Waals surface area contributed by atoms with Crippen LogP contribution in [0.25, 0.3) is 0 Å². The zero-order chi connectivity index (χ0) is 22.9. The molecule has 2 bridgehead atoms. The number of carbonyl (C=O) groups is 3. The Morgan fingerprint density at radius 3 is 2.52 bits per heavy atom. The number of hydrogen-bond acceptors (Lipinski definition) is 8. The highest BCUT2D eigenvalue weighted by Gasteiger charge is 2.81. The van der Waals surface area contributed by atoms with Crippen molar-refractivity contribution in [2.45, 2.75) is 64.8 Å². The van der Waals surface area contributed by atoms with Gasteiger partial charge in [0.2, 0.25) is 0 Å². The predicted octanol–water partition coefficient (Wildman–Crippen LogP) is 1.37. The minimum absolute atomic E-state index is 0.0129. The maximum atomic E-state index is 13.3. The Morgan fingerprint density at radius 1 is 1.23 bits per heavy atom. The molecule has 1 aliphatic heterocycles. The number of rotatable bonds is 3. The van der Waals surface area contributed by atoms with E-state index in [1.165, 1.54) is 14.0 Å². The molecule has 4 aliphatic rings. The van der Waals surface area contributed by atoms with Gasteiger partial charge in [-0.2, -0.15) is 0 Å². The molecule has 8 nitrogen and oxygen atoms in total. The molecule has 0 aromatic carbocycles. The number of aliphatic hydroxyl groups excluding tert-OH is 2. The van der Waals surface area contributed by atoms with Crippen LogP contribution in [-0.4, -0.2) is 60.1 Å². The van der Waals surface area contributed by atoms with Gasteiger partial charge in [-0.3, -0.25) is 9.59 Å². The average Bonchev–Trinajstić information content (AvgIpc) is 2.90. The van der Waals surface area contributed by atoms with Crippen molar-refractivity contribution >= 4 is 17.9 Å². The minimum Gasteiger partial charge on any atom is -0.466 e. The SMILES string of the molecule is C=C(C(=O)OC)C1CC(O)C2C3(C1)C(=O)OCC21C(OC(C)=O)CCC(C)(C)C1C3O. The van der Waals surface area contributed by atoms with E-state index in [4.69, 9.17) is 14.2 Å². The van der Waals surface area contributed by atoms with Crippen LogP contribution >= 0.6 is 0 Å². The summed E-state index contributed by atoms with van der Waals surface area (Å²) in [5, 5.41) is 23.1. The fraction of sp³-hybridized carbons (Fsp3) is 0.783. The van der Waals surface area contributed by atoms with Crippen molar-refractivity contribution in [3.05, 3.63) is 12.2 Å². The maximum Gasteiger partial charge on any atom is 0.333 e. The Labute approximate surface area is 181 Å². The van der Waals surface area contributed by atoms with Gasteiger partial charge >= 0.3 is 17.9 Å². The van der Waals surface area contributed by atoms with Crippen molar-refractivity contribution in [2.75, 3.05) is 13.7 Å². The van der Waals surface area contributed by atoms with E-state index in [9.17, 15) is 24.6 Å². The van der Waals surface area contributed by atoms with E-state index >= 15 is 0 Å². The molecule has 0 amide bonds. The Bertz CT molecular complexity index is 833. The number of ether oxygens (including phenoxy) is 3. The van der Waals surface area contributed by atoms with E-state index in [0.29, 0.717) is 12.8 Å². The van der Waals surface area contributed by atoms with Crippen LogP contribution < -0.4 is 0 Å². The Hall–Kier alpha value is -1.93. The molecule has 1 saturated heterocycles. The van der Waals surface area contributed by atoms with Crippen LogP contribution in [0.15, 0.2) is 12.2 Å². The third-order valence-corrected chi connectivity index (χ3v) is 8.63. The van der Waals surface area contributed by atoms with Gasteiger partial charge < -0.3 is 24.4 Å². The van der Waals surface area contributed by atoms with Crippen molar-refractivity contribution in [2.24, 2.45) is 34.0 Å².